The fourth-order valence-electron chi connectivity index (χ4n) is 2.02. The summed E-state index contributed by atoms with van der Waals surface area (Å²) in [4.78, 5) is 0. The maximum absolute atomic E-state index is 10.3. The van der Waals surface area contributed by atoms with Gasteiger partial charge < -0.3 is 14.6 Å². The SMILES string of the molecule is COC(c1ccccc1)C(O)C1=CCCCO1. The maximum Gasteiger partial charge on any atom is 0.141 e. The van der Waals surface area contributed by atoms with Crippen molar-refractivity contribution >= 4 is 0 Å². The first kappa shape index (κ1) is 12.1. The lowest BCUT2D eigenvalue weighted by molar-refractivity contribution is -0.0266. The van der Waals surface area contributed by atoms with Gasteiger partial charge in [-0.1, -0.05) is 30.3 Å². The summed E-state index contributed by atoms with van der Waals surface area (Å²) >= 11 is 0. The zero-order valence-electron chi connectivity index (χ0n) is 10.0. The van der Waals surface area contributed by atoms with Crippen LogP contribution in [-0.4, -0.2) is 24.9 Å². The molecule has 92 valence electrons. The van der Waals surface area contributed by atoms with Crippen LogP contribution in [0.1, 0.15) is 24.5 Å². The lowest BCUT2D eigenvalue weighted by Gasteiger charge is -2.26. The number of ether oxygens (including phenoxy) is 2. The highest BCUT2D eigenvalue weighted by Crippen LogP contribution is 2.27. The highest BCUT2D eigenvalue weighted by molar-refractivity contribution is 5.21. The molecule has 1 aromatic rings. The van der Waals surface area contributed by atoms with E-state index in [9.17, 15) is 5.11 Å². The lowest BCUT2D eigenvalue weighted by Crippen LogP contribution is -2.25. The molecule has 0 saturated heterocycles. The third-order valence-electron chi connectivity index (χ3n) is 2.92. The molecular weight excluding hydrogens is 216 g/mol. The molecule has 0 radical (unpaired) electrons. The molecule has 1 N–H and O–H groups in total. The third-order valence-corrected chi connectivity index (χ3v) is 2.92. The molecule has 2 atom stereocenters. The largest absolute Gasteiger partial charge is 0.495 e. The van der Waals surface area contributed by atoms with E-state index in [4.69, 9.17) is 9.47 Å². The summed E-state index contributed by atoms with van der Waals surface area (Å²) in [6.07, 6.45) is 2.81. The molecule has 0 amide bonds. The van der Waals surface area contributed by atoms with Crippen molar-refractivity contribution < 1.29 is 14.6 Å². The van der Waals surface area contributed by atoms with Gasteiger partial charge >= 0.3 is 0 Å². The average molecular weight is 234 g/mol. The van der Waals surface area contributed by atoms with E-state index < -0.39 is 6.10 Å². The molecular formula is C14H18O3. The summed E-state index contributed by atoms with van der Waals surface area (Å²) in [6.45, 7) is 0.675. The number of aliphatic hydroxyl groups is 1. The predicted octanol–water partition coefficient (Wildman–Crippen LogP) is 2.43. The topological polar surface area (TPSA) is 38.7 Å². The highest BCUT2D eigenvalue weighted by Gasteiger charge is 2.26. The van der Waals surface area contributed by atoms with Crippen LogP contribution in [0.25, 0.3) is 0 Å². The minimum Gasteiger partial charge on any atom is -0.495 e. The quantitative estimate of drug-likeness (QED) is 0.869. The average Bonchev–Trinajstić information content (AvgIpc) is 2.42. The van der Waals surface area contributed by atoms with Crippen molar-refractivity contribution in [2.45, 2.75) is 25.0 Å². The third kappa shape index (κ3) is 2.87. The van der Waals surface area contributed by atoms with E-state index in [0.717, 1.165) is 18.4 Å². The van der Waals surface area contributed by atoms with Crippen LogP contribution < -0.4 is 0 Å². The maximum atomic E-state index is 10.3. The van der Waals surface area contributed by atoms with Gasteiger partial charge in [0, 0.05) is 7.11 Å². The van der Waals surface area contributed by atoms with E-state index in [1.807, 2.05) is 36.4 Å². The molecule has 2 unspecified atom stereocenters. The standard InChI is InChI=1S/C14H18O3/c1-16-14(11-7-3-2-4-8-11)13(15)12-9-5-6-10-17-12/h2-4,7-9,13-15H,5-6,10H2,1H3. The van der Waals surface area contributed by atoms with Gasteiger partial charge in [0.1, 0.15) is 18.0 Å². The second-order valence-corrected chi connectivity index (χ2v) is 4.11. The summed E-state index contributed by atoms with van der Waals surface area (Å²) in [6, 6.07) is 9.70. The van der Waals surface area contributed by atoms with Gasteiger partial charge in [-0.2, -0.15) is 0 Å². The highest BCUT2D eigenvalue weighted by atomic mass is 16.5. The molecule has 0 saturated carbocycles. The summed E-state index contributed by atoms with van der Waals surface area (Å²) in [5.41, 5.74) is 0.956. The Morgan fingerprint density at radius 3 is 2.65 bits per heavy atom. The van der Waals surface area contributed by atoms with E-state index in [1.165, 1.54) is 0 Å². The number of benzene rings is 1. The van der Waals surface area contributed by atoms with Crippen molar-refractivity contribution in [2.24, 2.45) is 0 Å². The van der Waals surface area contributed by atoms with Gasteiger partial charge in [-0.15, -0.1) is 0 Å². The first-order valence-electron chi connectivity index (χ1n) is 5.91. The molecule has 1 aliphatic heterocycles. The first-order valence-corrected chi connectivity index (χ1v) is 5.91. The zero-order chi connectivity index (χ0) is 12.1. The number of hydrogen-bond acceptors (Lipinski definition) is 3. The van der Waals surface area contributed by atoms with Gasteiger partial charge in [0.2, 0.25) is 0 Å². The van der Waals surface area contributed by atoms with Crippen LogP contribution in [0.3, 0.4) is 0 Å². The number of methoxy groups -OCH3 is 1. The van der Waals surface area contributed by atoms with Crippen LogP contribution in [0.4, 0.5) is 0 Å². The number of rotatable bonds is 4. The Morgan fingerprint density at radius 2 is 2.06 bits per heavy atom. The van der Waals surface area contributed by atoms with Crippen molar-refractivity contribution in [1.29, 1.82) is 0 Å². The van der Waals surface area contributed by atoms with Crippen LogP contribution in [0, 0.1) is 0 Å². The monoisotopic (exact) mass is 234 g/mol. The lowest BCUT2D eigenvalue weighted by atomic mass is 10.0. The summed E-state index contributed by atoms with van der Waals surface area (Å²) in [5, 5.41) is 10.3. The van der Waals surface area contributed by atoms with E-state index in [2.05, 4.69) is 0 Å². The smallest absolute Gasteiger partial charge is 0.141 e. The fourth-order valence-corrected chi connectivity index (χ4v) is 2.02. The minimum atomic E-state index is -0.734. The molecule has 0 aliphatic carbocycles. The number of aliphatic hydroxyl groups excluding tert-OH is 1. The van der Waals surface area contributed by atoms with Gasteiger partial charge in [0.05, 0.1) is 6.61 Å². The second kappa shape index (κ2) is 5.84. The Labute approximate surface area is 102 Å². The van der Waals surface area contributed by atoms with Gasteiger partial charge in [-0.25, -0.2) is 0 Å². The fraction of sp³-hybridized carbons (Fsp3) is 0.429. The van der Waals surface area contributed by atoms with E-state index >= 15 is 0 Å². The molecule has 0 aromatic heterocycles. The van der Waals surface area contributed by atoms with Crippen molar-refractivity contribution in [3.8, 4) is 0 Å². The Hall–Kier alpha value is -1.32. The predicted molar refractivity (Wildman–Crippen MR) is 65.5 cm³/mol. The van der Waals surface area contributed by atoms with Crippen LogP contribution in [-0.2, 0) is 9.47 Å². The summed E-state index contributed by atoms with van der Waals surface area (Å²) in [7, 11) is 1.60. The molecule has 0 spiro atoms. The van der Waals surface area contributed by atoms with Gasteiger partial charge in [0.25, 0.3) is 0 Å². The van der Waals surface area contributed by atoms with Gasteiger partial charge in [-0.3, -0.25) is 0 Å². The van der Waals surface area contributed by atoms with E-state index in [-0.39, 0.29) is 6.10 Å². The van der Waals surface area contributed by atoms with Crippen LogP contribution in [0.15, 0.2) is 42.2 Å². The van der Waals surface area contributed by atoms with Crippen molar-refractivity contribution in [2.75, 3.05) is 13.7 Å². The second-order valence-electron chi connectivity index (χ2n) is 4.11. The molecule has 1 aliphatic rings. The Kier molecular flexibility index (Phi) is 4.18. The molecule has 3 nitrogen and oxygen atoms in total. The summed E-state index contributed by atoms with van der Waals surface area (Å²) in [5.74, 6) is 0.631. The first-order chi connectivity index (χ1) is 8.33. The normalized spacial score (nSPS) is 19.1. The molecule has 17 heavy (non-hydrogen) atoms. The van der Waals surface area contributed by atoms with Crippen LogP contribution >= 0.6 is 0 Å². The van der Waals surface area contributed by atoms with Crippen LogP contribution in [0.2, 0.25) is 0 Å². The van der Waals surface area contributed by atoms with E-state index in [0.29, 0.717) is 12.4 Å². The van der Waals surface area contributed by atoms with Crippen molar-refractivity contribution in [3.63, 3.8) is 0 Å². The van der Waals surface area contributed by atoms with Crippen molar-refractivity contribution in [1.82, 2.24) is 0 Å². The van der Waals surface area contributed by atoms with E-state index in [1.54, 1.807) is 7.11 Å². The van der Waals surface area contributed by atoms with Crippen LogP contribution in [0.5, 0.6) is 0 Å². The Balaban J connectivity index is 2.15. The Bertz CT molecular complexity index is 372. The van der Waals surface area contributed by atoms with Gasteiger partial charge in [-0.05, 0) is 24.5 Å². The molecule has 3 heteroatoms. The molecule has 1 aromatic carbocycles. The molecule has 0 bridgehead atoms. The minimum absolute atomic E-state index is 0.374. The number of allylic oxidation sites excluding steroid dienone is 1. The molecule has 2 rings (SSSR count). The van der Waals surface area contributed by atoms with Gasteiger partial charge in [0.15, 0.2) is 0 Å². The summed E-state index contributed by atoms with van der Waals surface area (Å²) < 4.78 is 10.9. The van der Waals surface area contributed by atoms with Crippen molar-refractivity contribution in [3.05, 3.63) is 47.7 Å². The molecule has 0 fully saturated rings. The number of hydrogen-bond donors (Lipinski definition) is 1. The zero-order valence-corrected chi connectivity index (χ0v) is 10.0. The molecule has 1 heterocycles. The Morgan fingerprint density at radius 1 is 1.29 bits per heavy atom.